The van der Waals surface area contributed by atoms with Gasteiger partial charge in [0.2, 0.25) is 0 Å². The van der Waals surface area contributed by atoms with Crippen LogP contribution in [-0.4, -0.2) is 18.6 Å². The lowest BCUT2D eigenvalue weighted by Gasteiger charge is -2.16. The summed E-state index contributed by atoms with van der Waals surface area (Å²) in [5.41, 5.74) is 1.19. The van der Waals surface area contributed by atoms with Crippen molar-refractivity contribution < 1.29 is 0 Å². The van der Waals surface area contributed by atoms with Crippen LogP contribution in [0.3, 0.4) is 0 Å². The third-order valence-electron chi connectivity index (χ3n) is 1.65. The molecule has 1 heterocycles. The van der Waals surface area contributed by atoms with Gasteiger partial charge in [-0.15, -0.1) is 0 Å². The van der Waals surface area contributed by atoms with Gasteiger partial charge in [-0.3, -0.25) is 4.98 Å². The number of nitrogens with zero attached hydrogens (tertiary/aromatic N) is 2. The summed E-state index contributed by atoms with van der Waals surface area (Å²) in [4.78, 5) is 6.25. The Hall–Kier alpha value is -1.05. The summed E-state index contributed by atoms with van der Waals surface area (Å²) in [7, 11) is 2.08. The van der Waals surface area contributed by atoms with E-state index >= 15 is 0 Å². The average Bonchev–Trinajstić information content (AvgIpc) is 2.07. The van der Waals surface area contributed by atoms with Crippen LogP contribution in [0.5, 0.6) is 0 Å². The quantitative estimate of drug-likeness (QED) is 0.654. The van der Waals surface area contributed by atoms with Crippen LogP contribution in [0.1, 0.15) is 13.3 Å². The number of aromatic nitrogens is 1. The van der Waals surface area contributed by atoms with Crippen LogP contribution in [0.4, 0.5) is 5.69 Å². The standard InChI is InChI=1S/C9H14N2/c1-3-7-11(2)9-5-4-6-10-8-9/h4-6,8H,3,7H2,1-2H3. The van der Waals surface area contributed by atoms with Gasteiger partial charge in [0, 0.05) is 19.8 Å². The van der Waals surface area contributed by atoms with Gasteiger partial charge in [0.15, 0.2) is 0 Å². The molecule has 2 heteroatoms. The van der Waals surface area contributed by atoms with E-state index in [0.717, 1.165) is 6.54 Å². The summed E-state index contributed by atoms with van der Waals surface area (Å²) < 4.78 is 0. The van der Waals surface area contributed by atoms with Crippen molar-refractivity contribution in [2.75, 3.05) is 18.5 Å². The molecule has 0 aliphatic carbocycles. The fraction of sp³-hybridized carbons (Fsp3) is 0.444. The van der Waals surface area contributed by atoms with Crippen molar-refractivity contribution in [2.45, 2.75) is 13.3 Å². The van der Waals surface area contributed by atoms with Gasteiger partial charge in [0.25, 0.3) is 0 Å². The van der Waals surface area contributed by atoms with Crippen molar-refractivity contribution in [1.29, 1.82) is 0 Å². The summed E-state index contributed by atoms with van der Waals surface area (Å²) in [5.74, 6) is 0. The zero-order valence-corrected chi connectivity index (χ0v) is 7.12. The maximum atomic E-state index is 4.05. The van der Waals surface area contributed by atoms with Gasteiger partial charge in [-0.25, -0.2) is 0 Å². The molecule has 1 rings (SSSR count). The molecule has 0 spiro atoms. The van der Waals surface area contributed by atoms with E-state index in [9.17, 15) is 0 Å². The molecule has 11 heavy (non-hydrogen) atoms. The van der Waals surface area contributed by atoms with E-state index in [1.165, 1.54) is 12.1 Å². The molecular formula is C9H14N2. The molecule has 1 aromatic heterocycles. The molecule has 1 aromatic rings. The van der Waals surface area contributed by atoms with Crippen molar-refractivity contribution in [3.05, 3.63) is 24.5 Å². The third kappa shape index (κ3) is 2.22. The molecule has 2 nitrogen and oxygen atoms in total. The first-order valence-corrected chi connectivity index (χ1v) is 3.95. The minimum absolute atomic E-state index is 1.09. The van der Waals surface area contributed by atoms with Gasteiger partial charge < -0.3 is 4.90 Å². The highest BCUT2D eigenvalue weighted by Crippen LogP contribution is 2.08. The summed E-state index contributed by atoms with van der Waals surface area (Å²) >= 11 is 0. The number of hydrogen-bond acceptors (Lipinski definition) is 2. The molecule has 0 N–H and O–H groups in total. The Bertz CT molecular complexity index is 196. The smallest absolute Gasteiger partial charge is 0.0550 e. The minimum Gasteiger partial charge on any atom is -0.373 e. The van der Waals surface area contributed by atoms with Crippen LogP contribution in [0.2, 0.25) is 0 Å². The van der Waals surface area contributed by atoms with Gasteiger partial charge in [-0.2, -0.15) is 0 Å². The van der Waals surface area contributed by atoms with E-state index in [1.807, 2.05) is 12.3 Å². The Morgan fingerprint density at radius 3 is 2.91 bits per heavy atom. The first kappa shape index (κ1) is 8.05. The first-order valence-electron chi connectivity index (χ1n) is 3.95. The summed E-state index contributed by atoms with van der Waals surface area (Å²) in [6, 6.07) is 4.03. The Labute approximate surface area is 67.9 Å². The number of anilines is 1. The lowest BCUT2D eigenvalue weighted by molar-refractivity contribution is 0.850. The number of hydrogen-bond donors (Lipinski definition) is 0. The molecule has 0 saturated heterocycles. The van der Waals surface area contributed by atoms with E-state index < -0.39 is 0 Å². The molecule has 0 fully saturated rings. The monoisotopic (exact) mass is 150 g/mol. The molecule has 0 aliphatic rings. The van der Waals surface area contributed by atoms with E-state index in [2.05, 4.69) is 29.9 Å². The maximum Gasteiger partial charge on any atom is 0.0550 e. The molecule has 0 unspecified atom stereocenters. The molecule has 60 valence electrons. The van der Waals surface area contributed by atoms with Crippen molar-refractivity contribution in [3.8, 4) is 0 Å². The van der Waals surface area contributed by atoms with E-state index in [0.29, 0.717) is 0 Å². The van der Waals surface area contributed by atoms with Crippen LogP contribution in [-0.2, 0) is 0 Å². The van der Waals surface area contributed by atoms with Crippen LogP contribution in [0.15, 0.2) is 24.5 Å². The van der Waals surface area contributed by atoms with E-state index in [-0.39, 0.29) is 0 Å². The Balaban J connectivity index is 2.61. The molecule has 0 saturated carbocycles. The molecule has 0 atom stereocenters. The van der Waals surface area contributed by atoms with Crippen molar-refractivity contribution >= 4 is 5.69 Å². The zero-order chi connectivity index (χ0) is 8.10. The fourth-order valence-corrected chi connectivity index (χ4v) is 1.04. The molecule has 0 aliphatic heterocycles. The van der Waals surface area contributed by atoms with Gasteiger partial charge in [-0.05, 0) is 18.6 Å². The molecule has 0 radical (unpaired) electrons. The Morgan fingerprint density at radius 2 is 2.36 bits per heavy atom. The SMILES string of the molecule is CCCN(C)c1cccnc1. The van der Waals surface area contributed by atoms with E-state index in [1.54, 1.807) is 6.20 Å². The summed E-state index contributed by atoms with van der Waals surface area (Å²) in [6.45, 7) is 3.26. The molecule has 0 aromatic carbocycles. The average molecular weight is 150 g/mol. The Morgan fingerprint density at radius 1 is 1.55 bits per heavy atom. The Kier molecular flexibility index (Phi) is 2.90. The molecular weight excluding hydrogens is 136 g/mol. The predicted octanol–water partition coefficient (Wildman–Crippen LogP) is 1.93. The highest BCUT2D eigenvalue weighted by atomic mass is 15.1. The third-order valence-corrected chi connectivity index (χ3v) is 1.65. The lowest BCUT2D eigenvalue weighted by Crippen LogP contribution is -2.17. The van der Waals surface area contributed by atoms with Crippen LogP contribution in [0, 0.1) is 0 Å². The van der Waals surface area contributed by atoms with Gasteiger partial charge >= 0.3 is 0 Å². The lowest BCUT2D eigenvalue weighted by atomic mass is 10.3. The van der Waals surface area contributed by atoms with Gasteiger partial charge in [0.05, 0.1) is 11.9 Å². The second-order valence-electron chi connectivity index (χ2n) is 2.63. The van der Waals surface area contributed by atoms with Crippen molar-refractivity contribution in [3.63, 3.8) is 0 Å². The second-order valence-corrected chi connectivity index (χ2v) is 2.63. The van der Waals surface area contributed by atoms with E-state index in [4.69, 9.17) is 0 Å². The van der Waals surface area contributed by atoms with Crippen LogP contribution in [0.25, 0.3) is 0 Å². The van der Waals surface area contributed by atoms with Crippen molar-refractivity contribution in [1.82, 2.24) is 4.98 Å². The summed E-state index contributed by atoms with van der Waals surface area (Å²) in [5, 5.41) is 0. The van der Waals surface area contributed by atoms with Crippen LogP contribution >= 0.6 is 0 Å². The number of rotatable bonds is 3. The highest BCUT2D eigenvalue weighted by molar-refractivity contribution is 5.42. The van der Waals surface area contributed by atoms with Gasteiger partial charge in [-0.1, -0.05) is 6.92 Å². The summed E-state index contributed by atoms with van der Waals surface area (Å²) in [6.07, 6.45) is 4.85. The minimum atomic E-state index is 1.09. The molecule has 0 bridgehead atoms. The largest absolute Gasteiger partial charge is 0.373 e. The van der Waals surface area contributed by atoms with Gasteiger partial charge in [0.1, 0.15) is 0 Å². The highest BCUT2D eigenvalue weighted by Gasteiger charge is 1.96. The first-order chi connectivity index (χ1) is 5.34. The maximum absolute atomic E-state index is 4.05. The second kappa shape index (κ2) is 3.96. The zero-order valence-electron chi connectivity index (χ0n) is 7.12. The fourth-order valence-electron chi connectivity index (χ4n) is 1.04. The van der Waals surface area contributed by atoms with Crippen LogP contribution < -0.4 is 4.90 Å². The van der Waals surface area contributed by atoms with Crippen molar-refractivity contribution in [2.24, 2.45) is 0 Å². The molecule has 0 amide bonds. The number of pyridine rings is 1. The topological polar surface area (TPSA) is 16.1 Å². The normalized spacial score (nSPS) is 9.64. The predicted molar refractivity (Wildman–Crippen MR) is 47.8 cm³/mol.